The minimum atomic E-state index is -0.659. The number of methoxy groups -OCH3 is 2. The first-order valence-corrected chi connectivity index (χ1v) is 4.55. The van der Waals surface area contributed by atoms with Crippen molar-refractivity contribution in [1.29, 1.82) is 0 Å². The molecule has 1 N–H and O–H groups in total. The van der Waals surface area contributed by atoms with Crippen molar-refractivity contribution in [3.05, 3.63) is 0 Å². The lowest BCUT2D eigenvalue weighted by molar-refractivity contribution is -0.145. The van der Waals surface area contributed by atoms with E-state index in [1.165, 1.54) is 7.11 Å². The van der Waals surface area contributed by atoms with E-state index >= 15 is 0 Å². The first-order chi connectivity index (χ1) is 7.11. The van der Waals surface area contributed by atoms with Gasteiger partial charge in [-0.15, -0.1) is 0 Å². The Morgan fingerprint density at radius 1 is 1.27 bits per heavy atom. The number of hydrogen-bond acceptors (Lipinski definition) is 5. The Kier molecular flexibility index (Phi) is 7.57. The van der Waals surface area contributed by atoms with Crippen LogP contribution in [0.1, 0.15) is 6.92 Å². The third-order valence-corrected chi connectivity index (χ3v) is 1.60. The van der Waals surface area contributed by atoms with Crippen LogP contribution in [-0.4, -0.2) is 52.0 Å². The van der Waals surface area contributed by atoms with Crippen molar-refractivity contribution in [2.75, 3.05) is 34.0 Å². The molecule has 0 saturated carbocycles. The SMILES string of the molecule is COCCOCC(=O)NC(C)C(=O)OC. The highest BCUT2D eigenvalue weighted by molar-refractivity contribution is 5.84. The lowest BCUT2D eigenvalue weighted by Gasteiger charge is -2.11. The van der Waals surface area contributed by atoms with Crippen LogP contribution in [0, 0.1) is 0 Å². The Morgan fingerprint density at radius 2 is 1.93 bits per heavy atom. The first-order valence-electron chi connectivity index (χ1n) is 4.55. The highest BCUT2D eigenvalue weighted by Gasteiger charge is 2.15. The van der Waals surface area contributed by atoms with Gasteiger partial charge in [0.1, 0.15) is 12.6 Å². The Hall–Kier alpha value is -1.14. The first kappa shape index (κ1) is 13.9. The Labute approximate surface area is 88.9 Å². The van der Waals surface area contributed by atoms with Crippen LogP contribution in [0.5, 0.6) is 0 Å². The van der Waals surface area contributed by atoms with Gasteiger partial charge in [0, 0.05) is 7.11 Å². The minimum Gasteiger partial charge on any atom is -0.467 e. The largest absolute Gasteiger partial charge is 0.467 e. The van der Waals surface area contributed by atoms with E-state index in [2.05, 4.69) is 10.1 Å². The normalized spacial score (nSPS) is 11.9. The minimum absolute atomic E-state index is 0.0926. The lowest BCUT2D eigenvalue weighted by atomic mass is 10.3. The van der Waals surface area contributed by atoms with Crippen molar-refractivity contribution in [1.82, 2.24) is 5.32 Å². The van der Waals surface area contributed by atoms with E-state index in [4.69, 9.17) is 9.47 Å². The Balaban J connectivity index is 3.60. The van der Waals surface area contributed by atoms with Crippen molar-refractivity contribution >= 4 is 11.9 Å². The van der Waals surface area contributed by atoms with Gasteiger partial charge in [0.2, 0.25) is 5.91 Å². The van der Waals surface area contributed by atoms with E-state index in [9.17, 15) is 9.59 Å². The molecule has 0 spiro atoms. The summed E-state index contributed by atoms with van der Waals surface area (Å²) in [4.78, 5) is 22.1. The Bertz CT molecular complexity index is 207. The van der Waals surface area contributed by atoms with Crippen LogP contribution in [-0.2, 0) is 23.8 Å². The molecule has 1 atom stereocenters. The molecule has 0 aromatic heterocycles. The van der Waals surface area contributed by atoms with Crippen molar-refractivity contribution in [2.45, 2.75) is 13.0 Å². The molecule has 0 bridgehead atoms. The zero-order valence-electron chi connectivity index (χ0n) is 9.24. The van der Waals surface area contributed by atoms with Gasteiger partial charge in [0.05, 0.1) is 20.3 Å². The average molecular weight is 219 g/mol. The zero-order valence-corrected chi connectivity index (χ0v) is 9.24. The van der Waals surface area contributed by atoms with Crippen LogP contribution in [0.3, 0.4) is 0 Å². The molecule has 1 amide bonds. The van der Waals surface area contributed by atoms with Gasteiger partial charge in [-0.25, -0.2) is 4.79 Å². The van der Waals surface area contributed by atoms with Gasteiger partial charge < -0.3 is 19.5 Å². The average Bonchev–Trinajstić information content (AvgIpc) is 2.23. The third-order valence-electron chi connectivity index (χ3n) is 1.60. The molecule has 15 heavy (non-hydrogen) atoms. The molecular formula is C9H17NO5. The van der Waals surface area contributed by atoms with Gasteiger partial charge in [-0.2, -0.15) is 0 Å². The quantitative estimate of drug-likeness (QED) is 0.454. The molecule has 0 aromatic carbocycles. The van der Waals surface area contributed by atoms with E-state index in [1.807, 2.05) is 0 Å². The number of ether oxygens (including phenoxy) is 3. The summed E-state index contributed by atoms with van der Waals surface area (Å²) in [5.41, 5.74) is 0. The number of nitrogens with one attached hydrogen (secondary N) is 1. The highest BCUT2D eigenvalue weighted by Crippen LogP contribution is 1.86. The van der Waals surface area contributed by atoms with E-state index in [-0.39, 0.29) is 12.5 Å². The van der Waals surface area contributed by atoms with Crippen LogP contribution in [0.15, 0.2) is 0 Å². The summed E-state index contributed by atoms with van der Waals surface area (Å²) in [7, 11) is 2.81. The summed E-state index contributed by atoms with van der Waals surface area (Å²) in [6.07, 6.45) is 0. The molecule has 0 saturated heterocycles. The van der Waals surface area contributed by atoms with E-state index in [1.54, 1.807) is 14.0 Å². The maximum atomic E-state index is 11.2. The molecule has 6 heteroatoms. The van der Waals surface area contributed by atoms with Crippen molar-refractivity contribution in [3.8, 4) is 0 Å². The second-order valence-corrected chi connectivity index (χ2v) is 2.86. The fourth-order valence-corrected chi connectivity index (χ4v) is 0.826. The van der Waals surface area contributed by atoms with E-state index in [0.717, 1.165) is 0 Å². The molecule has 0 radical (unpaired) electrons. The molecular weight excluding hydrogens is 202 g/mol. The fraction of sp³-hybridized carbons (Fsp3) is 0.778. The summed E-state index contributed by atoms with van der Waals surface area (Å²) >= 11 is 0. The van der Waals surface area contributed by atoms with Crippen molar-refractivity contribution in [2.24, 2.45) is 0 Å². The number of rotatable bonds is 7. The number of carbonyl (C=O) groups is 2. The van der Waals surface area contributed by atoms with Crippen LogP contribution in [0.25, 0.3) is 0 Å². The summed E-state index contributed by atoms with van der Waals surface area (Å²) in [6.45, 7) is 2.22. The van der Waals surface area contributed by atoms with E-state index < -0.39 is 12.0 Å². The number of carbonyl (C=O) groups excluding carboxylic acids is 2. The molecule has 0 rings (SSSR count). The third kappa shape index (κ3) is 6.87. The molecule has 0 aliphatic carbocycles. The highest BCUT2D eigenvalue weighted by atomic mass is 16.5. The molecule has 0 fully saturated rings. The van der Waals surface area contributed by atoms with Gasteiger partial charge in [-0.1, -0.05) is 0 Å². The van der Waals surface area contributed by atoms with Crippen LogP contribution in [0.4, 0.5) is 0 Å². The summed E-state index contributed by atoms with van der Waals surface area (Å²) in [5, 5.41) is 2.43. The molecule has 6 nitrogen and oxygen atoms in total. The van der Waals surface area contributed by atoms with Gasteiger partial charge in [-0.3, -0.25) is 4.79 Å². The predicted molar refractivity (Wildman–Crippen MR) is 52.3 cm³/mol. The molecule has 0 heterocycles. The number of amides is 1. The number of esters is 1. The zero-order chi connectivity index (χ0) is 11.7. The lowest BCUT2D eigenvalue weighted by Crippen LogP contribution is -2.41. The molecule has 88 valence electrons. The van der Waals surface area contributed by atoms with Gasteiger partial charge in [-0.05, 0) is 6.92 Å². The van der Waals surface area contributed by atoms with Gasteiger partial charge in [0.25, 0.3) is 0 Å². The maximum absolute atomic E-state index is 11.2. The van der Waals surface area contributed by atoms with Crippen LogP contribution >= 0.6 is 0 Å². The second kappa shape index (κ2) is 8.19. The van der Waals surface area contributed by atoms with Crippen molar-refractivity contribution in [3.63, 3.8) is 0 Å². The molecule has 0 aliphatic heterocycles. The van der Waals surface area contributed by atoms with Crippen molar-refractivity contribution < 1.29 is 23.8 Å². The van der Waals surface area contributed by atoms with E-state index in [0.29, 0.717) is 13.2 Å². The second-order valence-electron chi connectivity index (χ2n) is 2.86. The topological polar surface area (TPSA) is 73.9 Å². The summed E-state index contributed by atoms with van der Waals surface area (Å²) in [5.74, 6) is -0.843. The monoisotopic (exact) mass is 219 g/mol. The summed E-state index contributed by atoms with van der Waals surface area (Å²) in [6, 6.07) is -0.659. The Morgan fingerprint density at radius 3 is 2.47 bits per heavy atom. The molecule has 1 unspecified atom stereocenters. The molecule has 0 aliphatic rings. The predicted octanol–water partition coefficient (Wildman–Crippen LogP) is -0.673. The summed E-state index contributed by atoms with van der Waals surface area (Å²) < 4.78 is 14.1. The molecule has 0 aromatic rings. The van der Waals surface area contributed by atoms with Gasteiger partial charge >= 0.3 is 5.97 Å². The maximum Gasteiger partial charge on any atom is 0.328 e. The smallest absolute Gasteiger partial charge is 0.328 e. The van der Waals surface area contributed by atoms with Crippen LogP contribution < -0.4 is 5.32 Å². The fourth-order valence-electron chi connectivity index (χ4n) is 0.826. The van der Waals surface area contributed by atoms with Crippen LogP contribution in [0.2, 0.25) is 0 Å². The van der Waals surface area contributed by atoms with Gasteiger partial charge in [0.15, 0.2) is 0 Å². The standard InChI is InChI=1S/C9H17NO5/c1-7(9(12)14-3)10-8(11)6-15-5-4-13-2/h7H,4-6H2,1-3H3,(H,10,11). The number of hydrogen-bond donors (Lipinski definition) is 1.